The summed E-state index contributed by atoms with van der Waals surface area (Å²) in [6.45, 7) is 6.24. The molecule has 4 nitrogen and oxygen atoms in total. The van der Waals surface area contributed by atoms with Gasteiger partial charge < -0.3 is 15.5 Å². The smallest absolute Gasteiger partial charge is 0.0588 e. The lowest BCUT2D eigenvalue weighted by atomic mass is 10.2. The quantitative estimate of drug-likeness (QED) is 0.680. The fraction of sp³-hybridized carbons (Fsp3) is 0.545. The Balaban J connectivity index is 1.85. The highest BCUT2D eigenvalue weighted by molar-refractivity contribution is 5.49. The zero-order valence-electron chi connectivity index (χ0n) is 8.79. The average molecular weight is 204 g/mol. The van der Waals surface area contributed by atoms with Crippen LogP contribution in [0.25, 0.3) is 0 Å². The molecule has 3 heterocycles. The number of rotatable bonds is 1. The van der Waals surface area contributed by atoms with E-state index in [1.165, 1.54) is 16.9 Å². The summed E-state index contributed by atoms with van der Waals surface area (Å²) in [4.78, 5) is 6.91. The Labute approximate surface area is 89.7 Å². The van der Waals surface area contributed by atoms with E-state index in [1.54, 1.807) is 0 Å². The maximum absolute atomic E-state index is 4.51. The number of pyridine rings is 1. The van der Waals surface area contributed by atoms with E-state index < -0.39 is 0 Å². The van der Waals surface area contributed by atoms with Gasteiger partial charge in [-0.3, -0.25) is 4.98 Å². The fourth-order valence-electron chi connectivity index (χ4n) is 2.25. The van der Waals surface area contributed by atoms with Crippen molar-refractivity contribution in [2.24, 2.45) is 0 Å². The number of nitrogens with zero attached hydrogens (tertiary/aromatic N) is 2. The Hall–Kier alpha value is -1.13. The minimum Gasteiger partial charge on any atom is -0.368 e. The summed E-state index contributed by atoms with van der Waals surface area (Å²) < 4.78 is 0. The van der Waals surface area contributed by atoms with E-state index in [0.717, 1.165) is 39.3 Å². The summed E-state index contributed by atoms with van der Waals surface area (Å²) in [5.74, 6) is 0. The molecule has 0 amide bonds. The third kappa shape index (κ3) is 1.70. The van der Waals surface area contributed by atoms with Gasteiger partial charge in [-0.1, -0.05) is 0 Å². The van der Waals surface area contributed by atoms with Crippen molar-refractivity contribution in [3.05, 3.63) is 23.5 Å². The van der Waals surface area contributed by atoms with Crippen molar-refractivity contribution in [3.63, 3.8) is 0 Å². The SMILES string of the molecule is c1nc2c(cc1N1CCNCC1)CNC2. The van der Waals surface area contributed by atoms with Gasteiger partial charge in [0.2, 0.25) is 0 Å². The Bertz CT molecular complexity index is 358. The van der Waals surface area contributed by atoms with Crippen LogP contribution >= 0.6 is 0 Å². The van der Waals surface area contributed by atoms with Crippen LogP contribution in [0.3, 0.4) is 0 Å². The third-order valence-corrected chi connectivity index (χ3v) is 3.14. The number of fused-ring (bicyclic) bond motifs is 1. The van der Waals surface area contributed by atoms with Crippen LogP contribution in [0.5, 0.6) is 0 Å². The molecule has 0 spiro atoms. The number of piperazine rings is 1. The van der Waals surface area contributed by atoms with Crippen molar-refractivity contribution in [1.82, 2.24) is 15.6 Å². The third-order valence-electron chi connectivity index (χ3n) is 3.14. The molecule has 1 aromatic heterocycles. The van der Waals surface area contributed by atoms with Crippen LogP contribution < -0.4 is 15.5 Å². The molecule has 0 aromatic carbocycles. The molecular weight excluding hydrogens is 188 g/mol. The minimum absolute atomic E-state index is 0.928. The van der Waals surface area contributed by atoms with Crippen molar-refractivity contribution in [2.75, 3.05) is 31.1 Å². The van der Waals surface area contributed by atoms with Crippen molar-refractivity contribution in [2.45, 2.75) is 13.1 Å². The van der Waals surface area contributed by atoms with Gasteiger partial charge in [0, 0.05) is 39.3 Å². The molecule has 2 aliphatic rings. The Morgan fingerprint density at radius 2 is 2.00 bits per heavy atom. The van der Waals surface area contributed by atoms with Crippen molar-refractivity contribution in [3.8, 4) is 0 Å². The summed E-state index contributed by atoms with van der Waals surface area (Å²) in [6, 6.07) is 2.29. The Morgan fingerprint density at radius 1 is 1.13 bits per heavy atom. The Morgan fingerprint density at radius 3 is 2.87 bits per heavy atom. The van der Waals surface area contributed by atoms with Gasteiger partial charge in [0.25, 0.3) is 0 Å². The number of nitrogens with one attached hydrogen (secondary N) is 2. The summed E-state index contributed by atoms with van der Waals surface area (Å²) in [5, 5.41) is 6.69. The van der Waals surface area contributed by atoms with Gasteiger partial charge in [-0.2, -0.15) is 0 Å². The molecule has 0 radical (unpaired) electrons. The lowest BCUT2D eigenvalue weighted by Crippen LogP contribution is -2.43. The van der Waals surface area contributed by atoms with Crippen molar-refractivity contribution in [1.29, 1.82) is 0 Å². The summed E-state index contributed by atoms with van der Waals surface area (Å²) >= 11 is 0. The molecule has 4 heteroatoms. The first kappa shape index (κ1) is 9.12. The first-order chi connectivity index (χ1) is 7.43. The highest BCUT2D eigenvalue weighted by atomic mass is 15.2. The number of aromatic nitrogens is 1. The summed E-state index contributed by atoms with van der Waals surface area (Å²) in [7, 11) is 0. The normalized spacial score (nSPS) is 20.4. The highest BCUT2D eigenvalue weighted by Crippen LogP contribution is 2.20. The second-order valence-corrected chi connectivity index (χ2v) is 4.14. The topological polar surface area (TPSA) is 40.2 Å². The molecule has 15 heavy (non-hydrogen) atoms. The molecule has 0 unspecified atom stereocenters. The second kappa shape index (κ2) is 3.79. The largest absolute Gasteiger partial charge is 0.368 e. The van der Waals surface area contributed by atoms with E-state index in [9.17, 15) is 0 Å². The van der Waals surface area contributed by atoms with Gasteiger partial charge >= 0.3 is 0 Å². The molecule has 3 rings (SSSR count). The van der Waals surface area contributed by atoms with E-state index in [0.29, 0.717) is 0 Å². The standard InChI is InChI=1S/C11H16N4/c1-3-15(4-2-12-1)10-5-9-6-13-8-11(9)14-7-10/h5,7,12-13H,1-4,6,8H2. The number of hydrogen-bond donors (Lipinski definition) is 2. The first-order valence-corrected chi connectivity index (χ1v) is 5.58. The lowest BCUT2D eigenvalue weighted by molar-refractivity contribution is 0.588. The van der Waals surface area contributed by atoms with Gasteiger partial charge in [0.15, 0.2) is 0 Å². The Kier molecular flexibility index (Phi) is 2.31. The van der Waals surface area contributed by atoms with Crippen LogP contribution in [0.15, 0.2) is 12.3 Å². The summed E-state index contributed by atoms with van der Waals surface area (Å²) in [6.07, 6.45) is 2.01. The van der Waals surface area contributed by atoms with E-state index in [4.69, 9.17) is 0 Å². The average Bonchev–Trinajstić information content (AvgIpc) is 2.77. The van der Waals surface area contributed by atoms with Crippen LogP contribution in [-0.4, -0.2) is 31.2 Å². The van der Waals surface area contributed by atoms with Crippen LogP contribution in [0, 0.1) is 0 Å². The molecule has 80 valence electrons. The van der Waals surface area contributed by atoms with E-state index in [1.807, 2.05) is 6.20 Å². The molecule has 0 bridgehead atoms. The fourth-order valence-corrected chi connectivity index (χ4v) is 2.25. The van der Waals surface area contributed by atoms with E-state index in [-0.39, 0.29) is 0 Å². The zero-order valence-corrected chi connectivity index (χ0v) is 8.79. The predicted octanol–water partition coefficient (Wildman–Crippen LogP) is 0.0944. The van der Waals surface area contributed by atoms with Crippen LogP contribution in [0.4, 0.5) is 5.69 Å². The molecule has 1 aromatic rings. The number of hydrogen-bond acceptors (Lipinski definition) is 4. The van der Waals surface area contributed by atoms with Crippen LogP contribution in [0.1, 0.15) is 11.3 Å². The van der Waals surface area contributed by atoms with Gasteiger partial charge in [-0.25, -0.2) is 0 Å². The van der Waals surface area contributed by atoms with E-state index >= 15 is 0 Å². The second-order valence-electron chi connectivity index (χ2n) is 4.14. The summed E-state index contributed by atoms with van der Waals surface area (Å²) in [5.41, 5.74) is 3.86. The van der Waals surface area contributed by atoms with Crippen molar-refractivity contribution >= 4 is 5.69 Å². The first-order valence-electron chi connectivity index (χ1n) is 5.58. The molecular formula is C11H16N4. The van der Waals surface area contributed by atoms with Gasteiger partial charge in [-0.05, 0) is 11.6 Å². The molecule has 2 N–H and O–H groups in total. The molecule has 1 fully saturated rings. The molecule has 1 saturated heterocycles. The van der Waals surface area contributed by atoms with Crippen molar-refractivity contribution < 1.29 is 0 Å². The van der Waals surface area contributed by atoms with E-state index in [2.05, 4.69) is 26.6 Å². The molecule has 2 aliphatic heterocycles. The highest BCUT2D eigenvalue weighted by Gasteiger charge is 2.15. The molecule has 0 atom stereocenters. The monoisotopic (exact) mass is 204 g/mol. The maximum atomic E-state index is 4.51. The van der Waals surface area contributed by atoms with Gasteiger partial charge in [-0.15, -0.1) is 0 Å². The molecule has 0 aliphatic carbocycles. The molecule has 0 saturated carbocycles. The van der Waals surface area contributed by atoms with Gasteiger partial charge in [0.1, 0.15) is 0 Å². The predicted molar refractivity (Wildman–Crippen MR) is 59.9 cm³/mol. The van der Waals surface area contributed by atoms with Crippen LogP contribution in [0.2, 0.25) is 0 Å². The minimum atomic E-state index is 0.928. The lowest BCUT2D eigenvalue weighted by Gasteiger charge is -2.29. The number of anilines is 1. The maximum Gasteiger partial charge on any atom is 0.0588 e. The zero-order chi connectivity index (χ0) is 10.1. The van der Waals surface area contributed by atoms with Crippen LogP contribution in [-0.2, 0) is 13.1 Å². The van der Waals surface area contributed by atoms with Gasteiger partial charge in [0.05, 0.1) is 17.6 Å².